The number of carboxylic acids is 1. The molecular weight excluding hydrogens is 539 g/mol. The van der Waals surface area contributed by atoms with E-state index in [1.807, 2.05) is 0 Å². The summed E-state index contributed by atoms with van der Waals surface area (Å²) in [4.78, 5) is 32.5. The first-order valence-corrected chi connectivity index (χ1v) is 12.1. The van der Waals surface area contributed by atoms with Crippen LogP contribution in [-0.4, -0.2) is 67.1 Å². The summed E-state index contributed by atoms with van der Waals surface area (Å²) in [7, 11) is 1.43. The minimum absolute atomic E-state index is 0.0405. The Labute approximate surface area is 233 Å². The Morgan fingerprint density at radius 2 is 1.90 bits per heavy atom. The smallest absolute Gasteiger partial charge is 0.350 e. The van der Waals surface area contributed by atoms with Crippen LogP contribution in [0.5, 0.6) is 11.5 Å². The van der Waals surface area contributed by atoms with Crippen molar-refractivity contribution in [3.8, 4) is 17.4 Å². The van der Waals surface area contributed by atoms with Gasteiger partial charge in [-0.15, -0.1) is 9.78 Å². The van der Waals surface area contributed by atoms with Gasteiger partial charge < -0.3 is 30.7 Å². The minimum Gasteiger partial charge on any atom is -0.497 e. The van der Waals surface area contributed by atoms with Crippen molar-refractivity contribution in [1.82, 2.24) is 24.7 Å². The number of ether oxygens (including phenoxy) is 2. The molecule has 0 aliphatic rings. The molecule has 1 unspecified atom stereocenters. The highest BCUT2D eigenvalue weighted by atomic mass is 19.1. The third-order valence-corrected chi connectivity index (χ3v) is 5.30. The lowest BCUT2D eigenvalue weighted by Gasteiger charge is -2.21. The van der Waals surface area contributed by atoms with Crippen molar-refractivity contribution in [2.45, 2.75) is 19.4 Å². The molecule has 15 heteroatoms. The number of hydrogen-bond donors (Lipinski definition) is 6. The summed E-state index contributed by atoms with van der Waals surface area (Å²) < 4.78 is 27.6. The zero-order chi connectivity index (χ0) is 29.9. The molecule has 0 fully saturated rings. The van der Waals surface area contributed by atoms with Crippen LogP contribution >= 0.6 is 0 Å². The molecule has 4 aromatic rings. The number of carboxylic acid groups (broad SMARTS) is 1. The molecule has 4 rings (SSSR count). The highest BCUT2D eigenvalue weighted by molar-refractivity contribution is 5.95. The summed E-state index contributed by atoms with van der Waals surface area (Å²) >= 11 is 0. The number of aromatic amines is 1. The molecule has 1 atom stereocenters. The van der Waals surface area contributed by atoms with Gasteiger partial charge in [-0.1, -0.05) is 0 Å². The van der Waals surface area contributed by atoms with E-state index in [4.69, 9.17) is 35.6 Å². The van der Waals surface area contributed by atoms with Crippen molar-refractivity contribution in [2.24, 2.45) is 5.73 Å². The van der Waals surface area contributed by atoms with E-state index in [-0.39, 0.29) is 42.1 Å². The van der Waals surface area contributed by atoms with Crippen LogP contribution in [0.1, 0.15) is 36.3 Å². The number of nitrogens with zero attached hydrogens (tertiary/aromatic N) is 4. The SMILES string of the molecule is CC(=O)O.COc1cc(OCCCO)c(F)c(C(Nc2ccc(C(=N)N)cc2)c2nn(-c3ncccn3)c(=O)[nH]2)c1. The van der Waals surface area contributed by atoms with Gasteiger partial charge in [0.05, 0.1) is 13.7 Å². The molecule has 41 heavy (non-hydrogen) atoms. The monoisotopic (exact) mass is 568 g/mol. The van der Waals surface area contributed by atoms with E-state index in [1.165, 1.54) is 31.6 Å². The number of nitrogens with one attached hydrogen (secondary N) is 3. The third-order valence-electron chi connectivity index (χ3n) is 5.30. The Balaban J connectivity index is 0.00000108. The van der Waals surface area contributed by atoms with Gasteiger partial charge in [-0.2, -0.15) is 0 Å². The van der Waals surface area contributed by atoms with Gasteiger partial charge in [0.1, 0.15) is 17.6 Å². The lowest BCUT2D eigenvalue weighted by molar-refractivity contribution is -0.134. The molecule has 0 radical (unpaired) electrons. The van der Waals surface area contributed by atoms with Gasteiger partial charge in [-0.3, -0.25) is 15.2 Å². The van der Waals surface area contributed by atoms with Crippen molar-refractivity contribution in [1.29, 1.82) is 5.41 Å². The van der Waals surface area contributed by atoms with Crippen molar-refractivity contribution >= 4 is 17.5 Å². The number of nitrogens with two attached hydrogens (primary N) is 1. The Morgan fingerprint density at radius 1 is 1.24 bits per heavy atom. The number of hydrogen-bond acceptors (Lipinski definition) is 10. The number of rotatable bonds is 11. The molecule has 14 nitrogen and oxygen atoms in total. The Morgan fingerprint density at radius 3 is 2.49 bits per heavy atom. The van der Waals surface area contributed by atoms with Crippen LogP contribution in [0.25, 0.3) is 5.95 Å². The molecule has 7 N–H and O–H groups in total. The fraction of sp³-hybridized carbons (Fsp3) is 0.231. The number of H-pyrrole nitrogens is 1. The number of halogens is 1. The number of amidine groups is 1. The van der Waals surface area contributed by atoms with Crippen LogP contribution in [0.3, 0.4) is 0 Å². The lowest BCUT2D eigenvalue weighted by atomic mass is 10.0. The quantitative estimate of drug-likeness (QED) is 0.0872. The van der Waals surface area contributed by atoms with Crippen LogP contribution < -0.4 is 26.2 Å². The minimum atomic E-state index is -1.02. The number of carbonyl (C=O) groups is 1. The fourth-order valence-electron chi connectivity index (χ4n) is 3.49. The zero-order valence-corrected chi connectivity index (χ0v) is 22.2. The van der Waals surface area contributed by atoms with E-state index in [9.17, 15) is 4.79 Å². The molecule has 0 saturated carbocycles. The highest BCUT2D eigenvalue weighted by Gasteiger charge is 2.27. The number of aliphatic carboxylic acids is 1. The maximum absolute atomic E-state index is 15.8. The summed E-state index contributed by atoms with van der Waals surface area (Å²) in [5.74, 6) is -1.31. The first kappa shape index (κ1) is 30.2. The maximum atomic E-state index is 15.8. The molecule has 0 amide bonds. The number of anilines is 1. The average Bonchev–Trinajstić information content (AvgIpc) is 3.34. The molecule has 2 heterocycles. The Kier molecular flexibility index (Phi) is 10.5. The van der Waals surface area contributed by atoms with Crippen molar-refractivity contribution in [2.75, 3.05) is 25.6 Å². The molecule has 216 valence electrons. The van der Waals surface area contributed by atoms with Crippen LogP contribution in [0.4, 0.5) is 10.1 Å². The predicted octanol–water partition coefficient (Wildman–Crippen LogP) is 1.84. The van der Waals surface area contributed by atoms with E-state index >= 15 is 4.39 Å². The zero-order valence-electron chi connectivity index (χ0n) is 22.2. The van der Waals surface area contributed by atoms with E-state index in [0.717, 1.165) is 11.6 Å². The topological polar surface area (TPSA) is 214 Å². The maximum Gasteiger partial charge on any atom is 0.350 e. The number of benzene rings is 2. The number of aliphatic hydroxyl groups is 1. The molecule has 2 aromatic heterocycles. The number of aliphatic hydroxyl groups excluding tert-OH is 1. The van der Waals surface area contributed by atoms with Gasteiger partial charge in [0, 0.05) is 55.2 Å². The van der Waals surface area contributed by atoms with Gasteiger partial charge >= 0.3 is 5.69 Å². The first-order chi connectivity index (χ1) is 19.6. The van der Waals surface area contributed by atoms with Crippen molar-refractivity contribution < 1.29 is 28.9 Å². The molecule has 2 aromatic carbocycles. The summed E-state index contributed by atoms with van der Waals surface area (Å²) in [6.45, 7) is 1.06. The van der Waals surface area contributed by atoms with Gasteiger partial charge in [0.15, 0.2) is 17.4 Å². The van der Waals surface area contributed by atoms with Crippen molar-refractivity contribution in [3.63, 3.8) is 0 Å². The normalized spacial score (nSPS) is 11.1. The van der Waals surface area contributed by atoms with Crippen LogP contribution in [-0.2, 0) is 4.79 Å². The average molecular weight is 569 g/mol. The first-order valence-electron chi connectivity index (χ1n) is 12.1. The Bertz CT molecular complexity index is 1520. The second-order valence-electron chi connectivity index (χ2n) is 8.32. The van der Waals surface area contributed by atoms with Gasteiger partial charge in [-0.05, 0) is 36.4 Å². The van der Waals surface area contributed by atoms with Crippen LogP contribution in [0.2, 0.25) is 0 Å². The summed E-state index contributed by atoms with van der Waals surface area (Å²) in [5.41, 5.74) is 6.04. The molecule has 0 saturated heterocycles. The standard InChI is InChI=1S/C24H25FN8O4.C2H4O2/c1-36-16-12-17(19(25)18(13-16)37-11-3-10-34)20(30-15-6-4-14(5-7-15)21(26)27)22-31-24(35)33(32-22)23-28-8-2-9-29-23;1-2(3)4/h2,4-9,12-13,20,30,34H,3,10-11H2,1H3,(H3,26,27)(H,31,32,35);1H3,(H,3,4). The van der Waals surface area contributed by atoms with Gasteiger partial charge in [-0.25, -0.2) is 19.2 Å². The predicted molar refractivity (Wildman–Crippen MR) is 146 cm³/mol. The second kappa shape index (κ2) is 14.2. The third kappa shape index (κ3) is 8.09. The summed E-state index contributed by atoms with van der Waals surface area (Å²) in [6.07, 6.45) is 3.24. The number of aromatic nitrogens is 5. The van der Waals surface area contributed by atoms with Crippen molar-refractivity contribution in [3.05, 3.63) is 88.1 Å². The molecule has 0 aliphatic heterocycles. The fourth-order valence-corrected chi connectivity index (χ4v) is 3.49. The summed E-state index contributed by atoms with van der Waals surface area (Å²) in [5, 5.41) is 31.6. The summed E-state index contributed by atoms with van der Waals surface area (Å²) in [6, 6.07) is 10.0. The lowest BCUT2D eigenvalue weighted by Crippen LogP contribution is -2.18. The number of methoxy groups -OCH3 is 1. The second-order valence-corrected chi connectivity index (χ2v) is 8.32. The van der Waals surface area contributed by atoms with Crippen LogP contribution in [0, 0.1) is 11.2 Å². The largest absolute Gasteiger partial charge is 0.497 e. The molecular formula is C26H29FN8O6. The number of nitrogen functional groups attached to an aromatic ring is 1. The van der Waals surface area contributed by atoms with E-state index in [2.05, 4.69) is 25.4 Å². The van der Waals surface area contributed by atoms with Gasteiger partial charge in [0.25, 0.3) is 11.9 Å². The highest BCUT2D eigenvalue weighted by Crippen LogP contribution is 2.35. The van der Waals surface area contributed by atoms with Crippen LogP contribution in [0.15, 0.2) is 59.7 Å². The van der Waals surface area contributed by atoms with Gasteiger partial charge in [0.2, 0.25) is 0 Å². The molecule has 0 aliphatic carbocycles. The molecule has 0 bridgehead atoms. The Hall–Kier alpha value is -5.31. The molecule has 0 spiro atoms. The van der Waals surface area contributed by atoms with E-state index in [1.54, 1.807) is 30.3 Å². The van der Waals surface area contributed by atoms with E-state index < -0.39 is 23.5 Å². The van der Waals surface area contributed by atoms with E-state index in [0.29, 0.717) is 23.4 Å².